The van der Waals surface area contributed by atoms with E-state index in [4.69, 9.17) is 0 Å². The maximum atomic E-state index is 3.35. The molecule has 0 radical (unpaired) electrons. The van der Waals surface area contributed by atoms with Gasteiger partial charge in [-0.15, -0.1) is 0 Å². The molecule has 0 amide bonds. The van der Waals surface area contributed by atoms with Crippen molar-refractivity contribution in [2.45, 2.75) is 32.4 Å². The molecule has 3 nitrogen and oxygen atoms in total. The Kier molecular flexibility index (Phi) is 4.83. The number of likely N-dealkylation sites (N-methyl/N-ethyl adjacent to an activating group) is 2. The molecule has 0 bridgehead atoms. The van der Waals surface area contributed by atoms with Crippen molar-refractivity contribution in [3.8, 4) is 0 Å². The predicted molar refractivity (Wildman–Crippen MR) is 83.0 cm³/mol. The first-order valence-electron chi connectivity index (χ1n) is 7.36. The summed E-state index contributed by atoms with van der Waals surface area (Å²) in [5, 5.41) is 3.35. The monoisotopic (exact) mass is 261 g/mol. The molecule has 2 unspecified atom stereocenters. The van der Waals surface area contributed by atoms with Crippen molar-refractivity contribution in [3.05, 3.63) is 29.8 Å². The molecule has 1 aliphatic rings. The molecule has 0 saturated carbocycles. The van der Waals surface area contributed by atoms with Gasteiger partial charge in [-0.25, -0.2) is 0 Å². The molecule has 0 spiro atoms. The van der Waals surface area contributed by atoms with Gasteiger partial charge in [0.15, 0.2) is 0 Å². The molecule has 1 aromatic rings. The van der Waals surface area contributed by atoms with Crippen LogP contribution < -0.4 is 10.2 Å². The number of nitrogens with one attached hydrogen (secondary N) is 1. The van der Waals surface area contributed by atoms with Crippen LogP contribution in [0.25, 0.3) is 0 Å². The second kappa shape index (κ2) is 6.40. The van der Waals surface area contributed by atoms with Crippen LogP contribution in [-0.2, 0) is 6.42 Å². The van der Waals surface area contributed by atoms with E-state index in [2.05, 4.69) is 60.3 Å². The summed E-state index contributed by atoms with van der Waals surface area (Å²) in [6.07, 6.45) is 1.10. The summed E-state index contributed by atoms with van der Waals surface area (Å²) >= 11 is 0. The highest BCUT2D eigenvalue weighted by Gasteiger charge is 2.31. The first-order chi connectivity index (χ1) is 9.17. The lowest BCUT2D eigenvalue weighted by molar-refractivity contribution is 0.230. The van der Waals surface area contributed by atoms with E-state index < -0.39 is 0 Å². The number of anilines is 1. The van der Waals surface area contributed by atoms with Crippen LogP contribution in [0.15, 0.2) is 24.3 Å². The zero-order valence-corrected chi connectivity index (χ0v) is 12.7. The molecule has 0 aliphatic carbocycles. The third-order valence-electron chi connectivity index (χ3n) is 4.06. The van der Waals surface area contributed by atoms with E-state index in [1.807, 2.05) is 7.05 Å². The third kappa shape index (κ3) is 3.10. The molecular formula is C16H27N3. The lowest BCUT2D eigenvalue weighted by Gasteiger charge is -2.46. The van der Waals surface area contributed by atoms with Crippen molar-refractivity contribution >= 4 is 5.69 Å². The van der Waals surface area contributed by atoms with Crippen LogP contribution in [0.4, 0.5) is 5.69 Å². The normalized spacial score (nSPS) is 24.7. The van der Waals surface area contributed by atoms with Gasteiger partial charge in [0.1, 0.15) is 0 Å². The Labute approximate surface area is 117 Å². The summed E-state index contributed by atoms with van der Waals surface area (Å²) in [6.45, 7) is 7.88. The number of piperazine rings is 1. The van der Waals surface area contributed by atoms with E-state index in [1.54, 1.807) is 0 Å². The van der Waals surface area contributed by atoms with Crippen molar-refractivity contribution in [1.29, 1.82) is 0 Å². The lowest BCUT2D eigenvalue weighted by Crippen LogP contribution is -2.59. The molecule has 1 aliphatic heterocycles. The second-order valence-electron chi connectivity index (χ2n) is 5.67. The fourth-order valence-corrected chi connectivity index (χ4v) is 3.32. The van der Waals surface area contributed by atoms with Crippen LogP contribution >= 0.6 is 0 Å². The molecule has 1 N–H and O–H groups in total. The molecule has 0 aromatic heterocycles. The summed E-state index contributed by atoms with van der Waals surface area (Å²) in [6, 6.07) is 9.96. The van der Waals surface area contributed by atoms with E-state index in [0.29, 0.717) is 12.1 Å². The number of aryl methyl sites for hydroxylation is 1. The van der Waals surface area contributed by atoms with Crippen LogP contribution in [-0.4, -0.2) is 50.7 Å². The Morgan fingerprint density at radius 1 is 1.26 bits per heavy atom. The first-order valence-corrected chi connectivity index (χ1v) is 7.36. The molecule has 2 rings (SSSR count). The highest BCUT2D eigenvalue weighted by molar-refractivity contribution is 5.56. The van der Waals surface area contributed by atoms with E-state index >= 15 is 0 Å². The van der Waals surface area contributed by atoms with Crippen molar-refractivity contribution in [1.82, 2.24) is 10.2 Å². The van der Waals surface area contributed by atoms with Crippen molar-refractivity contribution in [3.63, 3.8) is 0 Å². The van der Waals surface area contributed by atoms with Crippen LogP contribution in [0.2, 0.25) is 0 Å². The Balaban J connectivity index is 2.32. The topological polar surface area (TPSA) is 18.5 Å². The Hall–Kier alpha value is -1.06. The SMILES string of the molecule is CCc1ccccc1N1C(C)CN(C)CC1CNC. The Morgan fingerprint density at radius 3 is 2.68 bits per heavy atom. The fourth-order valence-electron chi connectivity index (χ4n) is 3.32. The summed E-state index contributed by atoms with van der Waals surface area (Å²) in [5.74, 6) is 0. The number of rotatable bonds is 4. The van der Waals surface area contributed by atoms with Gasteiger partial charge in [-0.05, 0) is 39.1 Å². The minimum atomic E-state index is 0.548. The zero-order valence-electron chi connectivity index (χ0n) is 12.7. The summed E-state index contributed by atoms with van der Waals surface area (Å²) in [4.78, 5) is 5.06. The highest BCUT2D eigenvalue weighted by Crippen LogP contribution is 2.28. The minimum absolute atomic E-state index is 0.548. The third-order valence-corrected chi connectivity index (χ3v) is 4.06. The van der Waals surface area contributed by atoms with E-state index in [1.165, 1.54) is 11.3 Å². The molecule has 19 heavy (non-hydrogen) atoms. The average molecular weight is 261 g/mol. The number of nitrogens with zero attached hydrogens (tertiary/aromatic N) is 2. The van der Waals surface area contributed by atoms with Crippen molar-refractivity contribution < 1.29 is 0 Å². The molecule has 1 fully saturated rings. The summed E-state index contributed by atoms with van der Waals surface area (Å²) < 4.78 is 0. The smallest absolute Gasteiger partial charge is 0.0544 e. The molecule has 2 atom stereocenters. The number of benzene rings is 1. The number of hydrogen-bond donors (Lipinski definition) is 1. The van der Waals surface area contributed by atoms with Crippen LogP contribution in [0.3, 0.4) is 0 Å². The largest absolute Gasteiger partial charge is 0.362 e. The van der Waals surface area contributed by atoms with Gasteiger partial charge in [0.25, 0.3) is 0 Å². The molecular weight excluding hydrogens is 234 g/mol. The number of para-hydroxylation sites is 1. The second-order valence-corrected chi connectivity index (χ2v) is 5.67. The first kappa shape index (κ1) is 14.4. The van der Waals surface area contributed by atoms with Gasteiger partial charge in [-0.3, -0.25) is 0 Å². The summed E-state index contributed by atoms with van der Waals surface area (Å²) in [5.41, 5.74) is 2.88. The predicted octanol–water partition coefficient (Wildman–Crippen LogP) is 1.98. The minimum Gasteiger partial charge on any atom is -0.362 e. The van der Waals surface area contributed by atoms with Crippen LogP contribution in [0.5, 0.6) is 0 Å². The van der Waals surface area contributed by atoms with Crippen molar-refractivity contribution in [2.75, 3.05) is 38.6 Å². The van der Waals surface area contributed by atoms with Gasteiger partial charge in [0, 0.05) is 31.4 Å². The van der Waals surface area contributed by atoms with E-state index in [9.17, 15) is 0 Å². The molecule has 1 heterocycles. The lowest BCUT2D eigenvalue weighted by atomic mass is 10.0. The Bertz CT molecular complexity index is 405. The van der Waals surface area contributed by atoms with Gasteiger partial charge >= 0.3 is 0 Å². The van der Waals surface area contributed by atoms with Crippen molar-refractivity contribution in [2.24, 2.45) is 0 Å². The van der Waals surface area contributed by atoms with Crippen LogP contribution in [0, 0.1) is 0 Å². The molecule has 106 valence electrons. The maximum Gasteiger partial charge on any atom is 0.0544 e. The van der Waals surface area contributed by atoms with Crippen LogP contribution in [0.1, 0.15) is 19.4 Å². The molecule has 3 heteroatoms. The van der Waals surface area contributed by atoms with Gasteiger partial charge in [0.05, 0.1) is 6.04 Å². The molecule has 1 aromatic carbocycles. The Morgan fingerprint density at radius 2 is 2.00 bits per heavy atom. The fraction of sp³-hybridized carbons (Fsp3) is 0.625. The quantitative estimate of drug-likeness (QED) is 0.894. The van der Waals surface area contributed by atoms with Gasteiger partial charge in [-0.2, -0.15) is 0 Å². The van der Waals surface area contributed by atoms with E-state index in [0.717, 1.165) is 26.1 Å². The molecule has 1 saturated heterocycles. The van der Waals surface area contributed by atoms with Gasteiger partial charge in [0.2, 0.25) is 0 Å². The highest BCUT2D eigenvalue weighted by atomic mass is 15.3. The van der Waals surface area contributed by atoms with Gasteiger partial charge in [-0.1, -0.05) is 25.1 Å². The standard InChI is InChI=1S/C16H27N3/c1-5-14-8-6-7-9-16(14)19-13(2)11-18(4)12-15(19)10-17-3/h6-9,13,15,17H,5,10-12H2,1-4H3. The number of hydrogen-bond acceptors (Lipinski definition) is 3. The van der Waals surface area contributed by atoms with E-state index in [-0.39, 0.29) is 0 Å². The van der Waals surface area contributed by atoms with Gasteiger partial charge < -0.3 is 15.1 Å². The summed E-state index contributed by atoms with van der Waals surface area (Å²) in [7, 11) is 4.27. The zero-order chi connectivity index (χ0) is 13.8. The maximum absolute atomic E-state index is 3.35. The average Bonchev–Trinajstić information content (AvgIpc) is 2.39.